The molecule has 0 saturated carbocycles. The van der Waals surface area contributed by atoms with Crippen LogP contribution in [0.3, 0.4) is 0 Å². The molecule has 29 heavy (non-hydrogen) atoms. The first-order chi connectivity index (χ1) is 14.0. The summed E-state index contributed by atoms with van der Waals surface area (Å²) >= 11 is 0. The maximum Gasteiger partial charge on any atom is 0.345 e. The van der Waals surface area contributed by atoms with Gasteiger partial charge in [0.15, 0.2) is 5.78 Å². The van der Waals surface area contributed by atoms with Gasteiger partial charge in [0, 0.05) is 16.6 Å². The standard InChI is InChI=1S/C25H19NO3/c1-16-7-9-18(10-8-16)11-14-23(27)20-12-13-22(26-17(20)2)21-15-19-5-3-4-6-24(19)29-25(21)28/h3-15H,1-2H3/b14-11+. The molecule has 4 nitrogen and oxygen atoms in total. The van der Waals surface area contributed by atoms with Crippen molar-refractivity contribution in [2.24, 2.45) is 0 Å². The lowest BCUT2D eigenvalue weighted by atomic mass is 10.0. The smallest absolute Gasteiger partial charge is 0.345 e. The van der Waals surface area contributed by atoms with Crippen molar-refractivity contribution < 1.29 is 9.21 Å². The quantitative estimate of drug-likeness (QED) is 0.271. The van der Waals surface area contributed by atoms with Gasteiger partial charge in [-0.25, -0.2) is 4.79 Å². The van der Waals surface area contributed by atoms with Crippen LogP contribution < -0.4 is 5.63 Å². The van der Waals surface area contributed by atoms with Crippen molar-refractivity contribution in [2.45, 2.75) is 13.8 Å². The number of hydrogen-bond donors (Lipinski definition) is 0. The van der Waals surface area contributed by atoms with E-state index in [0.29, 0.717) is 28.1 Å². The van der Waals surface area contributed by atoms with Gasteiger partial charge in [-0.2, -0.15) is 0 Å². The van der Waals surface area contributed by atoms with Crippen molar-refractivity contribution in [1.29, 1.82) is 0 Å². The van der Waals surface area contributed by atoms with Crippen LogP contribution in [-0.2, 0) is 0 Å². The Kier molecular flexibility index (Phi) is 4.92. The number of carbonyl (C=O) groups is 1. The first kappa shape index (κ1) is 18.6. The van der Waals surface area contributed by atoms with E-state index in [0.717, 1.165) is 10.9 Å². The zero-order valence-corrected chi connectivity index (χ0v) is 16.2. The molecule has 0 aliphatic heterocycles. The van der Waals surface area contributed by atoms with Crippen LogP contribution in [0, 0.1) is 13.8 Å². The summed E-state index contributed by atoms with van der Waals surface area (Å²) < 4.78 is 5.39. The van der Waals surface area contributed by atoms with Gasteiger partial charge >= 0.3 is 5.63 Å². The summed E-state index contributed by atoms with van der Waals surface area (Å²) in [4.78, 5) is 29.4. The molecule has 4 aromatic rings. The largest absolute Gasteiger partial charge is 0.422 e. The number of benzene rings is 2. The molecule has 0 aliphatic rings. The Morgan fingerprint density at radius 2 is 1.72 bits per heavy atom. The molecule has 0 N–H and O–H groups in total. The Labute approximate surface area is 168 Å². The molecule has 0 bridgehead atoms. The topological polar surface area (TPSA) is 60.2 Å². The van der Waals surface area contributed by atoms with Crippen LogP contribution >= 0.6 is 0 Å². The lowest BCUT2D eigenvalue weighted by Gasteiger charge is -2.06. The molecule has 2 aromatic heterocycles. The number of aromatic nitrogens is 1. The maximum absolute atomic E-state index is 12.6. The van der Waals surface area contributed by atoms with E-state index in [-0.39, 0.29) is 5.78 Å². The third-order valence-corrected chi connectivity index (χ3v) is 4.77. The number of para-hydroxylation sites is 1. The molecule has 0 saturated heterocycles. The number of allylic oxidation sites excluding steroid dienone is 1. The van der Waals surface area contributed by atoms with Gasteiger partial charge in [0.2, 0.25) is 0 Å². The molecule has 0 unspecified atom stereocenters. The molecule has 2 heterocycles. The fourth-order valence-electron chi connectivity index (χ4n) is 3.15. The summed E-state index contributed by atoms with van der Waals surface area (Å²) in [5.41, 5.74) is 4.14. The van der Waals surface area contributed by atoms with Gasteiger partial charge in [-0.3, -0.25) is 9.78 Å². The van der Waals surface area contributed by atoms with Crippen LogP contribution in [0.25, 0.3) is 28.3 Å². The highest BCUT2D eigenvalue weighted by Crippen LogP contribution is 2.21. The first-order valence-electron chi connectivity index (χ1n) is 9.31. The second-order valence-corrected chi connectivity index (χ2v) is 6.92. The molecular weight excluding hydrogens is 362 g/mol. The van der Waals surface area contributed by atoms with Crippen LogP contribution in [0.4, 0.5) is 0 Å². The third kappa shape index (κ3) is 3.92. The van der Waals surface area contributed by atoms with E-state index in [4.69, 9.17) is 4.42 Å². The van der Waals surface area contributed by atoms with Gasteiger partial charge in [0.1, 0.15) is 5.58 Å². The summed E-state index contributed by atoms with van der Waals surface area (Å²) in [5, 5.41) is 0.822. The number of carbonyl (C=O) groups excluding carboxylic acids is 1. The second-order valence-electron chi connectivity index (χ2n) is 6.92. The second kappa shape index (κ2) is 7.68. The van der Waals surface area contributed by atoms with E-state index in [1.165, 1.54) is 5.56 Å². The summed E-state index contributed by atoms with van der Waals surface area (Å²) in [7, 11) is 0. The van der Waals surface area contributed by atoms with Crippen LogP contribution in [-0.4, -0.2) is 10.8 Å². The predicted octanol–water partition coefficient (Wildman–Crippen LogP) is 5.37. The number of rotatable bonds is 4. The summed E-state index contributed by atoms with van der Waals surface area (Å²) in [6.45, 7) is 3.78. The first-order valence-corrected chi connectivity index (χ1v) is 9.31. The maximum atomic E-state index is 12.6. The van der Waals surface area contributed by atoms with E-state index < -0.39 is 5.63 Å². The van der Waals surface area contributed by atoms with Gasteiger partial charge < -0.3 is 4.42 Å². The Balaban J connectivity index is 1.64. The van der Waals surface area contributed by atoms with Crippen molar-refractivity contribution in [3.8, 4) is 11.3 Å². The Bertz CT molecular complexity index is 1300. The minimum absolute atomic E-state index is 0.132. The van der Waals surface area contributed by atoms with Crippen molar-refractivity contribution in [2.75, 3.05) is 0 Å². The van der Waals surface area contributed by atoms with Gasteiger partial charge in [-0.05, 0) is 49.8 Å². The van der Waals surface area contributed by atoms with E-state index in [2.05, 4.69) is 4.98 Å². The van der Waals surface area contributed by atoms with Gasteiger partial charge in [0.25, 0.3) is 0 Å². The highest BCUT2D eigenvalue weighted by molar-refractivity contribution is 6.07. The zero-order chi connectivity index (χ0) is 20.4. The number of ketones is 1. The molecule has 0 spiro atoms. The van der Waals surface area contributed by atoms with Gasteiger partial charge in [0.05, 0.1) is 11.3 Å². The Morgan fingerprint density at radius 1 is 0.966 bits per heavy atom. The molecule has 4 heteroatoms. The molecule has 0 fully saturated rings. The van der Waals surface area contributed by atoms with Gasteiger partial charge in [-0.15, -0.1) is 0 Å². The molecule has 0 radical (unpaired) electrons. The number of aryl methyl sites for hydroxylation is 2. The van der Waals surface area contributed by atoms with E-state index in [1.54, 1.807) is 43.3 Å². The fraction of sp³-hybridized carbons (Fsp3) is 0.0800. The summed E-state index contributed by atoms with van der Waals surface area (Å²) in [6.07, 6.45) is 3.33. The van der Waals surface area contributed by atoms with Crippen molar-refractivity contribution in [1.82, 2.24) is 4.98 Å². The number of hydrogen-bond acceptors (Lipinski definition) is 4. The number of pyridine rings is 1. The van der Waals surface area contributed by atoms with Crippen LogP contribution in [0.1, 0.15) is 27.2 Å². The van der Waals surface area contributed by atoms with Crippen LogP contribution in [0.2, 0.25) is 0 Å². The molecule has 2 aromatic carbocycles. The van der Waals surface area contributed by atoms with Crippen molar-refractivity contribution >= 4 is 22.8 Å². The normalized spacial score (nSPS) is 11.2. The minimum atomic E-state index is -0.450. The molecule has 0 atom stereocenters. The van der Waals surface area contributed by atoms with E-state index in [1.807, 2.05) is 49.4 Å². The highest BCUT2D eigenvalue weighted by atomic mass is 16.4. The average molecular weight is 381 g/mol. The third-order valence-electron chi connectivity index (χ3n) is 4.77. The molecule has 0 aliphatic carbocycles. The van der Waals surface area contributed by atoms with Crippen molar-refractivity contribution in [3.63, 3.8) is 0 Å². The summed E-state index contributed by atoms with van der Waals surface area (Å²) in [5.74, 6) is -0.132. The van der Waals surface area contributed by atoms with Crippen LogP contribution in [0.15, 0.2) is 82.0 Å². The molecule has 142 valence electrons. The highest BCUT2D eigenvalue weighted by Gasteiger charge is 2.13. The fourth-order valence-corrected chi connectivity index (χ4v) is 3.15. The molecular formula is C25H19NO3. The number of fused-ring (bicyclic) bond motifs is 1. The minimum Gasteiger partial charge on any atom is -0.422 e. The lowest BCUT2D eigenvalue weighted by molar-refractivity contribution is 0.104. The predicted molar refractivity (Wildman–Crippen MR) is 115 cm³/mol. The Hall–Kier alpha value is -3.79. The van der Waals surface area contributed by atoms with E-state index >= 15 is 0 Å². The van der Waals surface area contributed by atoms with Crippen LogP contribution in [0.5, 0.6) is 0 Å². The van der Waals surface area contributed by atoms with Gasteiger partial charge in [-0.1, -0.05) is 54.1 Å². The Morgan fingerprint density at radius 3 is 2.48 bits per heavy atom. The molecule has 0 amide bonds. The number of nitrogens with zero attached hydrogens (tertiary/aromatic N) is 1. The summed E-state index contributed by atoms with van der Waals surface area (Å²) in [6, 6.07) is 20.4. The SMILES string of the molecule is Cc1ccc(/C=C/C(=O)c2ccc(-c3cc4ccccc4oc3=O)nc2C)cc1. The zero-order valence-electron chi connectivity index (χ0n) is 16.2. The molecule has 4 rings (SSSR count). The average Bonchev–Trinajstić information content (AvgIpc) is 2.72. The lowest BCUT2D eigenvalue weighted by Crippen LogP contribution is -2.06. The van der Waals surface area contributed by atoms with E-state index in [9.17, 15) is 9.59 Å². The van der Waals surface area contributed by atoms with Crippen molar-refractivity contribution in [3.05, 3.63) is 106 Å². The monoisotopic (exact) mass is 381 g/mol.